The lowest BCUT2D eigenvalue weighted by molar-refractivity contribution is -0.136. The third kappa shape index (κ3) is 3.56. The topological polar surface area (TPSA) is 37.3 Å². The molecule has 162 valence electrons. The van der Waals surface area contributed by atoms with Crippen molar-refractivity contribution < 1.29 is 18.0 Å². The number of alkyl halides is 3. The molecule has 3 heterocycles. The van der Waals surface area contributed by atoms with Gasteiger partial charge in [-0.3, -0.25) is 0 Å². The van der Waals surface area contributed by atoms with Gasteiger partial charge in [0.2, 0.25) is 0 Å². The minimum Gasteiger partial charge on any atom is -0.318 e. The van der Waals surface area contributed by atoms with Gasteiger partial charge in [-0.25, -0.2) is 4.79 Å². The van der Waals surface area contributed by atoms with Crippen molar-refractivity contribution in [3.8, 4) is 5.69 Å². The van der Waals surface area contributed by atoms with Gasteiger partial charge in [-0.1, -0.05) is 36.4 Å². The lowest BCUT2D eigenvalue weighted by Gasteiger charge is -2.30. The number of thiophene rings is 1. The van der Waals surface area contributed by atoms with E-state index in [9.17, 15) is 18.0 Å². The van der Waals surface area contributed by atoms with E-state index in [1.165, 1.54) is 29.5 Å². The molecule has 0 saturated heterocycles. The first-order valence-electron chi connectivity index (χ1n) is 9.96. The van der Waals surface area contributed by atoms with E-state index in [1.54, 1.807) is 4.90 Å². The zero-order valence-electron chi connectivity index (χ0n) is 16.7. The Bertz CT molecular complexity index is 1260. The van der Waals surface area contributed by atoms with Gasteiger partial charge in [0.25, 0.3) is 0 Å². The van der Waals surface area contributed by atoms with Gasteiger partial charge in [0.05, 0.1) is 29.2 Å². The Kier molecular flexibility index (Phi) is 5.01. The molecule has 2 amide bonds. The van der Waals surface area contributed by atoms with E-state index in [1.807, 2.05) is 64.7 Å². The first-order valence-corrected chi connectivity index (χ1v) is 10.8. The molecular weight excluding hydrogens is 435 g/mol. The average molecular weight is 453 g/mol. The molecule has 0 bridgehead atoms. The maximum Gasteiger partial charge on any atom is 0.418 e. The number of rotatable bonds is 2. The van der Waals surface area contributed by atoms with Crippen LogP contribution in [0.15, 0.2) is 84.4 Å². The summed E-state index contributed by atoms with van der Waals surface area (Å²) < 4.78 is 42.5. The zero-order chi connectivity index (χ0) is 22.3. The summed E-state index contributed by atoms with van der Waals surface area (Å²) in [4.78, 5) is 16.0. The maximum atomic E-state index is 13.5. The minimum absolute atomic E-state index is 0.250. The van der Waals surface area contributed by atoms with E-state index in [0.717, 1.165) is 27.9 Å². The number of carbonyl (C=O) groups excluding carboxylic acids is 1. The fourth-order valence-corrected chi connectivity index (χ4v) is 4.96. The lowest BCUT2D eigenvalue weighted by atomic mass is 10.1. The molecule has 0 fully saturated rings. The summed E-state index contributed by atoms with van der Waals surface area (Å²) in [6.07, 6.45) is -2.63. The SMILES string of the molecule is O=C(Nc1ccccc1C(F)(F)F)N1Cc2ccccc2-n2cccc2C1c1cccs1. The number of hydrogen-bond acceptors (Lipinski definition) is 2. The maximum absolute atomic E-state index is 13.5. The highest BCUT2D eigenvalue weighted by Gasteiger charge is 2.36. The molecule has 2 aromatic heterocycles. The van der Waals surface area contributed by atoms with E-state index in [2.05, 4.69) is 5.32 Å². The summed E-state index contributed by atoms with van der Waals surface area (Å²) in [6, 6.07) is 19.4. The lowest BCUT2D eigenvalue weighted by Crippen LogP contribution is -2.38. The number of hydrogen-bond donors (Lipinski definition) is 1. The standard InChI is InChI=1S/C24H18F3N3OS/c25-24(26,27)17-8-2-3-9-18(17)28-23(31)30-15-16-7-1-4-10-19(16)29-13-5-11-20(29)22(30)21-12-6-14-32-21/h1-14,22H,15H2,(H,28,31). The normalized spacial score (nSPS) is 15.6. The Hall–Kier alpha value is -3.52. The number of para-hydroxylation sites is 2. The van der Waals surface area contributed by atoms with Gasteiger partial charge in [0.1, 0.15) is 6.04 Å². The number of nitrogens with one attached hydrogen (secondary N) is 1. The Morgan fingerprint density at radius 1 is 0.969 bits per heavy atom. The molecule has 1 atom stereocenters. The van der Waals surface area contributed by atoms with E-state index >= 15 is 0 Å². The highest BCUT2D eigenvalue weighted by Crippen LogP contribution is 2.39. The number of fused-ring (bicyclic) bond motifs is 3. The van der Waals surface area contributed by atoms with Crippen LogP contribution < -0.4 is 5.32 Å². The molecule has 4 nitrogen and oxygen atoms in total. The molecule has 1 aliphatic rings. The summed E-state index contributed by atoms with van der Waals surface area (Å²) in [5, 5.41) is 4.45. The van der Waals surface area contributed by atoms with Gasteiger partial charge in [-0.15, -0.1) is 11.3 Å². The van der Waals surface area contributed by atoms with Crippen molar-refractivity contribution in [2.24, 2.45) is 0 Å². The molecule has 8 heteroatoms. The van der Waals surface area contributed by atoms with Crippen molar-refractivity contribution in [1.29, 1.82) is 0 Å². The summed E-state index contributed by atoms with van der Waals surface area (Å²) in [5.41, 5.74) is 1.59. The number of nitrogens with zero attached hydrogens (tertiary/aromatic N) is 2. The molecule has 1 aliphatic heterocycles. The molecule has 2 aromatic carbocycles. The van der Waals surface area contributed by atoms with Gasteiger partial charge >= 0.3 is 12.2 Å². The number of halogens is 3. The molecule has 1 N–H and O–H groups in total. The van der Waals surface area contributed by atoms with Gasteiger partial charge in [-0.2, -0.15) is 13.2 Å². The van der Waals surface area contributed by atoms with E-state index in [0.29, 0.717) is 0 Å². The number of urea groups is 1. The van der Waals surface area contributed by atoms with Crippen LogP contribution in [0.1, 0.15) is 27.7 Å². The van der Waals surface area contributed by atoms with E-state index in [4.69, 9.17) is 0 Å². The molecule has 0 aliphatic carbocycles. The van der Waals surface area contributed by atoms with E-state index < -0.39 is 23.8 Å². The number of aromatic nitrogens is 1. The van der Waals surface area contributed by atoms with Crippen LogP contribution >= 0.6 is 11.3 Å². The third-order valence-corrected chi connectivity index (χ3v) is 6.44. The first-order chi connectivity index (χ1) is 15.4. The molecule has 0 saturated carbocycles. The fourth-order valence-electron chi connectivity index (χ4n) is 4.11. The summed E-state index contributed by atoms with van der Waals surface area (Å²) in [7, 11) is 0. The van der Waals surface area contributed by atoms with Gasteiger partial charge < -0.3 is 14.8 Å². The average Bonchev–Trinajstić information content (AvgIpc) is 3.44. The van der Waals surface area contributed by atoms with Crippen molar-refractivity contribution >= 4 is 23.1 Å². The smallest absolute Gasteiger partial charge is 0.318 e. The van der Waals surface area contributed by atoms with E-state index in [-0.39, 0.29) is 12.2 Å². The number of amides is 2. The Labute approximate surface area is 186 Å². The number of benzene rings is 2. The van der Waals surface area contributed by atoms with Gasteiger partial charge in [0, 0.05) is 11.1 Å². The van der Waals surface area contributed by atoms with Crippen LogP contribution in [0.2, 0.25) is 0 Å². The van der Waals surface area contributed by atoms with Crippen LogP contribution in [0, 0.1) is 0 Å². The van der Waals surface area contributed by atoms with Crippen LogP contribution in [0.4, 0.5) is 23.7 Å². The Morgan fingerprint density at radius 3 is 2.53 bits per heavy atom. The molecule has 4 aromatic rings. The fraction of sp³-hybridized carbons (Fsp3) is 0.125. The minimum atomic E-state index is -4.57. The van der Waals surface area contributed by atoms with Crippen LogP contribution in [-0.4, -0.2) is 15.5 Å². The van der Waals surface area contributed by atoms with Crippen molar-refractivity contribution in [2.75, 3.05) is 5.32 Å². The van der Waals surface area contributed by atoms with Crippen molar-refractivity contribution in [1.82, 2.24) is 9.47 Å². The molecule has 0 radical (unpaired) electrons. The molecular formula is C24H18F3N3OS. The largest absolute Gasteiger partial charge is 0.418 e. The quantitative estimate of drug-likeness (QED) is 0.361. The summed E-state index contributed by atoms with van der Waals surface area (Å²) >= 11 is 1.50. The van der Waals surface area contributed by atoms with Gasteiger partial charge in [0.15, 0.2) is 0 Å². The third-order valence-electron chi connectivity index (χ3n) is 5.51. The number of anilines is 1. The van der Waals surface area contributed by atoms with Crippen molar-refractivity contribution in [3.63, 3.8) is 0 Å². The highest BCUT2D eigenvalue weighted by molar-refractivity contribution is 7.10. The van der Waals surface area contributed by atoms with Crippen LogP contribution in [0.3, 0.4) is 0 Å². The van der Waals surface area contributed by atoms with Crippen LogP contribution in [-0.2, 0) is 12.7 Å². The predicted octanol–water partition coefficient (Wildman–Crippen LogP) is 6.69. The zero-order valence-corrected chi connectivity index (χ0v) is 17.5. The van der Waals surface area contributed by atoms with Crippen molar-refractivity contribution in [3.05, 3.63) is 106 Å². The predicted molar refractivity (Wildman–Crippen MR) is 118 cm³/mol. The molecule has 32 heavy (non-hydrogen) atoms. The second-order valence-electron chi connectivity index (χ2n) is 7.45. The molecule has 5 rings (SSSR count). The second-order valence-corrected chi connectivity index (χ2v) is 8.43. The van der Waals surface area contributed by atoms with Crippen molar-refractivity contribution in [2.45, 2.75) is 18.8 Å². The molecule has 0 spiro atoms. The summed E-state index contributed by atoms with van der Waals surface area (Å²) in [6.45, 7) is 0.250. The highest BCUT2D eigenvalue weighted by atomic mass is 32.1. The molecule has 1 unspecified atom stereocenters. The Morgan fingerprint density at radius 2 is 1.75 bits per heavy atom. The number of carbonyl (C=O) groups is 1. The monoisotopic (exact) mass is 453 g/mol. The van der Waals surface area contributed by atoms with Crippen LogP contribution in [0.25, 0.3) is 5.69 Å². The first kappa shape index (κ1) is 20.4. The summed E-state index contributed by atoms with van der Waals surface area (Å²) in [5.74, 6) is 0. The second kappa shape index (κ2) is 7.87. The van der Waals surface area contributed by atoms with Crippen LogP contribution in [0.5, 0.6) is 0 Å². The van der Waals surface area contributed by atoms with Gasteiger partial charge in [-0.05, 0) is 47.3 Å². The Balaban J connectivity index is 1.60.